The monoisotopic (exact) mass is 275 g/mol. The van der Waals surface area contributed by atoms with Gasteiger partial charge in [-0.25, -0.2) is 5.48 Å². The Balaban J connectivity index is 2.55. The molecule has 0 saturated carbocycles. The molecule has 1 aromatic carbocycles. The van der Waals surface area contributed by atoms with Crippen molar-refractivity contribution < 1.29 is 22.8 Å². The molecule has 0 saturated heterocycles. The van der Waals surface area contributed by atoms with Gasteiger partial charge in [0.25, 0.3) is 0 Å². The first-order valence-electron chi connectivity index (χ1n) is 5.86. The summed E-state index contributed by atoms with van der Waals surface area (Å²) in [6, 6.07) is 4.68. The number of hydrogen-bond acceptors (Lipinski definition) is 2. The topological polar surface area (TPSA) is 38.3 Å². The van der Waals surface area contributed by atoms with E-state index in [4.69, 9.17) is 4.84 Å². The highest BCUT2D eigenvalue weighted by molar-refractivity contribution is 5.77. The number of hydroxylamine groups is 1. The highest BCUT2D eigenvalue weighted by atomic mass is 19.4. The summed E-state index contributed by atoms with van der Waals surface area (Å²) in [4.78, 5) is 16.3. The molecule has 3 nitrogen and oxygen atoms in total. The van der Waals surface area contributed by atoms with Crippen LogP contribution in [0.1, 0.15) is 25.0 Å². The maximum absolute atomic E-state index is 12.5. The molecule has 0 aromatic heterocycles. The Morgan fingerprint density at radius 1 is 1.37 bits per heavy atom. The molecule has 1 N–H and O–H groups in total. The largest absolute Gasteiger partial charge is 0.416 e. The number of rotatable bonds is 5. The lowest BCUT2D eigenvalue weighted by Crippen LogP contribution is -2.27. The smallest absolute Gasteiger partial charge is 0.273 e. The standard InChI is InChI=1S/C13H16F3NO2/c1-9(2)8-19-17-12(18)7-10-4-3-5-11(6-10)13(14,15)16/h3-6,9H,7-8H2,1-2H3,(H,17,18). The molecule has 0 aliphatic rings. The number of carbonyl (C=O) groups excluding carboxylic acids is 1. The van der Waals surface area contributed by atoms with Crippen LogP contribution in [0.2, 0.25) is 0 Å². The van der Waals surface area contributed by atoms with Gasteiger partial charge in [-0.1, -0.05) is 32.0 Å². The van der Waals surface area contributed by atoms with E-state index in [1.807, 2.05) is 13.8 Å². The number of benzene rings is 1. The Labute approximate surface area is 109 Å². The molecular formula is C13H16F3NO2. The summed E-state index contributed by atoms with van der Waals surface area (Å²) in [5.74, 6) is -0.214. The zero-order chi connectivity index (χ0) is 14.5. The number of amides is 1. The molecule has 0 radical (unpaired) electrons. The molecule has 6 heteroatoms. The van der Waals surface area contributed by atoms with E-state index >= 15 is 0 Å². The molecule has 19 heavy (non-hydrogen) atoms. The highest BCUT2D eigenvalue weighted by Crippen LogP contribution is 2.29. The average molecular weight is 275 g/mol. The Bertz CT molecular complexity index is 430. The van der Waals surface area contributed by atoms with Gasteiger partial charge in [-0.3, -0.25) is 9.63 Å². The Morgan fingerprint density at radius 3 is 2.63 bits per heavy atom. The van der Waals surface area contributed by atoms with Crippen molar-refractivity contribution in [3.63, 3.8) is 0 Å². The van der Waals surface area contributed by atoms with E-state index in [9.17, 15) is 18.0 Å². The molecule has 1 amide bonds. The third-order valence-electron chi connectivity index (χ3n) is 2.22. The summed E-state index contributed by atoms with van der Waals surface area (Å²) in [7, 11) is 0. The van der Waals surface area contributed by atoms with Crippen LogP contribution >= 0.6 is 0 Å². The van der Waals surface area contributed by atoms with Crippen molar-refractivity contribution in [2.75, 3.05) is 6.61 Å². The minimum absolute atomic E-state index is 0.151. The van der Waals surface area contributed by atoms with E-state index in [1.165, 1.54) is 12.1 Å². The Kier molecular flexibility index (Phi) is 5.35. The number of carbonyl (C=O) groups is 1. The summed E-state index contributed by atoms with van der Waals surface area (Å²) in [6.45, 7) is 4.19. The molecule has 0 unspecified atom stereocenters. The fourth-order valence-electron chi connectivity index (χ4n) is 1.37. The second-order valence-corrected chi connectivity index (χ2v) is 4.61. The number of nitrogens with one attached hydrogen (secondary N) is 1. The van der Waals surface area contributed by atoms with Gasteiger partial charge in [-0.15, -0.1) is 0 Å². The zero-order valence-electron chi connectivity index (χ0n) is 10.8. The first kappa shape index (κ1) is 15.5. The van der Waals surface area contributed by atoms with Crippen LogP contribution < -0.4 is 5.48 Å². The van der Waals surface area contributed by atoms with Crippen molar-refractivity contribution in [3.05, 3.63) is 35.4 Å². The van der Waals surface area contributed by atoms with Gasteiger partial charge in [-0.2, -0.15) is 13.2 Å². The van der Waals surface area contributed by atoms with Crippen LogP contribution in [0, 0.1) is 5.92 Å². The van der Waals surface area contributed by atoms with Crippen LogP contribution in [0.3, 0.4) is 0 Å². The first-order valence-corrected chi connectivity index (χ1v) is 5.86. The van der Waals surface area contributed by atoms with E-state index in [2.05, 4.69) is 5.48 Å². The minimum Gasteiger partial charge on any atom is -0.273 e. The van der Waals surface area contributed by atoms with Gasteiger partial charge in [-0.05, 0) is 17.5 Å². The minimum atomic E-state index is -4.40. The van der Waals surface area contributed by atoms with Crippen LogP contribution in [-0.4, -0.2) is 12.5 Å². The van der Waals surface area contributed by atoms with Crippen molar-refractivity contribution in [1.29, 1.82) is 0 Å². The Morgan fingerprint density at radius 2 is 2.05 bits per heavy atom. The second kappa shape index (κ2) is 6.56. The first-order chi connectivity index (χ1) is 8.79. The summed E-state index contributed by atoms with van der Waals surface area (Å²) >= 11 is 0. The zero-order valence-corrected chi connectivity index (χ0v) is 10.8. The maximum atomic E-state index is 12.5. The van der Waals surface area contributed by atoms with Gasteiger partial charge in [0.05, 0.1) is 18.6 Å². The van der Waals surface area contributed by atoms with Gasteiger partial charge in [0, 0.05) is 0 Å². The van der Waals surface area contributed by atoms with E-state index in [1.54, 1.807) is 0 Å². The number of alkyl halides is 3. The van der Waals surface area contributed by atoms with Gasteiger partial charge in [0.1, 0.15) is 0 Å². The molecular weight excluding hydrogens is 259 g/mol. The molecule has 0 fully saturated rings. The van der Waals surface area contributed by atoms with E-state index in [0.29, 0.717) is 12.2 Å². The number of halogens is 3. The second-order valence-electron chi connectivity index (χ2n) is 4.61. The Hall–Kier alpha value is -1.56. The predicted molar refractivity (Wildman–Crippen MR) is 64.1 cm³/mol. The maximum Gasteiger partial charge on any atom is 0.416 e. The van der Waals surface area contributed by atoms with Gasteiger partial charge >= 0.3 is 6.18 Å². The summed E-state index contributed by atoms with van der Waals surface area (Å²) in [6.07, 6.45) is -4.55. The molecule has 1 rings (SSSR count). The number of hydrogen-bond donors (Lipinski definition) is 1. The molecule has 0 bridgehead atoms. The van der Waals surface area contributed by atoms with Crippen molar-refractivity contribution in [1.82, 2.24) is 5.48 Å². The van der Waals surface area contributed by atoms with Gasteiger partial charge in [0.2, 0.25) is 5.91 Å². The van der Waals surface area contributed by atoms with Crippen LogP contribution in [0.4, 0.5) is 13.2 Å². The summed E-state index contributed by atoms with van der Waals surface area (Å²) in [5.41, 5.74) is 1.73. The highest BCUT2D eigenvalue weighted by Gasteiger charge is 2.30. The van der Waals surface area contributed by atoms with Crippen molar-refractivity contribution in [3.8, 4) is 0 Å². The molecule has 0 aliphatic heterocycles. The molecule has 0 atom stereocenters. The van der Waals surface area contributed by atoms with Crippen LogP contribution in [0.15, 0.2) is 24.3 Å². The lowest BCUT2D eigenvalue weighted by Gasteiger charge is -2.10. The predicted octanol–water partition coefficient (Wildman–Crippen LogP) is 2.95. The third-order valence-corrected chi connectivity index (χ3v) is 2.22. The van der Waals surface area contributed by atoms with Crippen molar-refractivity contribution in [2.45, 2.75) is 26.4 Å². The molecule has 0 spiro atoms. The quantitative estimate of drug-likeness (QED) is 0.839. The lowest BCUT2D eigenvalue weighted by atomic mass is 10.1. The fourth-order valence-corrected chi connectivity index (χ4v) is 1.37. The molecule has 0 heterocycles. The van der Waals surface area contributed by atoms with Crippen molar-refractivity contribution in [2.24, 2.45) is 5.92 Å². The van der Waals surface area contributed by atoms with Crippen LogP contribution in [-0.2, 0) is 22.2 Å². The normalized spacial score (nSPS) is 11.7. The van der Waals surface area contributed by atoms with E-state index in [0.717, 1.165) is 12.1 Å². The molecule has 0 aliphatic carbocycles. The third kappa shape index (κ3) is 5.74. The average Bonchev–Trinajstić information content (AvgIpc) is 2.27. The molecule has 106 valence electrons. The van der Waals surface area contributed by atoms with Gasteiger partial charge < -0.3 is 0 Å². The van der Waals surface area contributed by atoms with E-state index < -0.39 is 17.6 Å². The van der Waals surface area contributed by atoms with Crippen LogP contribution in [0.5, 0.6) is 0 Å². The van der Waals surface area contributed by atoms with Gasteiger partial charge in [0.15, 0.2) is 0 Å². The van der Waals surface area contributed by atoms with Crippen LogP contribution in [0.25, 0.3) is 0 Å². The SMILES string of the molecule is CC(C)CONC(=O)Cc1cccc(C(F)(F)F)c1. The molecule has 1 aromatic rings. The van der Waals surface area contributed by atoms with Crippen molar-refractivity contribution >= 4 is 5.91 Å². The summed E-state index contributed by atoms with van der Waals surface area (Å²) < 4.78 is 37.4. The van der Waals surface area contributed by atoms with E-state index in [-0.39, 0.29) is 12.3 Å². The lowest BCUT2D eigenvalue weighted by molar-refractivity contribution is -0.138. The summed E-state index contributed by atoms with van der Waals surface area (Å²) in [5, 5.41) is 0. The fraction of sp³-hybridized carbons (Fsp3) is 0.462.